The van der Waals surface area contributed by atoms with Gasteiger partial charge in [0.2, 0.25) is 0 Å². The van der Waals surface area contributed by atoms with Gasteiger partial charge in [-0.3, -0.25) is 0 Å². The standard InChI is InChI=1S/C20H16FN3O2/c1-12-19-16(13-3-8-17(25)18(11-13)26-2)9-10-22-20(19)24(23-12)15-6-4-14(21)5-7-15/h3-11,25H,1-2H3. The molecule has 130 valence electrons. The van der Waals surface area contributed by atoms with Crippen LogP contribution in [0.1, 0.15) is 5.69 Å². The molecule has 0 saturated heterocycles. The third-order valence-corrected chi connectivity index (χ3v) is 4.31. The lowest BCUT2D eigenvalue weighted by molar-refractivity contribution is 0.373. The van der Waals surface area contributed by atoms with Gasteiger partial charge in [-0.05, 0) is 60.5 Å². The molecule has 0 unspecified atom stereocenters. The zero-order valence-corrected chi connectivity index (χ0v) is 14.3. The predicted molar refractivity (Wildman–Crippen MR) is 97.2 cm³/mol. The highest BCUT2D eigenvalue weighted by Gasteiger charge is 2.16. The number of aromatic nitrogens is 3. The van der Waals surface area contributed by atoms with Gasteiger partial charge >= 0.3 is 0 Å². The van der Waals surface area contributed by atoms with Crippen molar-refractivity contribution in [1.82, 2.24) is 14.8 Å². The van der Waals surface area contributed by atoms with Gasteiger partial charge in [0.1, 0.15) is 5.82 Å². The van der Waals surface area contributed by atoms with E-state index in [0.717, 1.165) is 27.9 Å². The summed E-state index contributed by atoms with van der Waals surface area (Å²) in [7, 11) is 1.51. The maximum atomic E-state index is 13.2. The Kier molecular flexibility index (Phi) is 3.80. The van der Waals surface area contributed by atoms with E-state index in [9.17, 15) is 9.50 Å². The number of methoxy groups -OCH3 is 1. The topological polar surface area (TPSA) is 60.2 Å². The van der Waals surface area contributed by atoms with E-state index < -0.39 is 0 Å². The zero-order chi connectivity index (χ0) is 18.3. The molecule has 0 spiro atoms. The Morgan fingerprint density at radius 1 is 1.08 bits per heavy atom. The van der Waals surface area contributed by atoms with Crippen LogP contribution in [0.3, 0.4) is 0 Å². The number of aromatic hydroxyl groups is 1. The van der Waals surface area contributed by atoms with Gasteiger partial charge in [-0.15, -0.1) is 0 Å². The molecule has 0 aliphatic rings. The Morgan fingerprint density at radius 3 is 2.58 bits per heavy atom. The summed E-state index contributed by atoms with van der Waals surface area (Å²) >= 11 is 0. The molecule has 4 aromatic rings. The minimum atomic E-state index is -0.299. The largest absolute Gasteiger partial charge is 0.504 e. The Bertz CT molecular complexity index is 1100. The lowest BCUT2D eigenvalue weighted by Gasteiger charge is -2.08. The van der Waals surface area contributed by atoms with Crippen molar-refractivity contribution in [1.29, 1.82) is 0 Å². The highest BCUT2D eigenvalue weighted by Crippen LogP contribution is 2.35. The molecular weight excluding hydrogens is 333 g/mol. The molecule has 6 heteroatoms. The molecule has 1 N–H and O–H groups in total. The van der Waals surface area contributed by atoms with Crippen LogP contribution in [-0.4, -0.2) is 27.0 Å². The summed E-state index contributed by atoms with van der Waals surface area (Å²) in [5.41, 5.74) is 4.03. The van der Waals surface area contributed by atoms with E-state index in [1.54, 1.807) is 35.1 Å². The lowest BCUT2D eigenvalue weighted by atomic mass is 10.0. The molecule has 0 saturated carbocycles. The van der Waals surface area contributed by atoms with Gasteiger partial charge in [-0.25, -0.2) is 14.1 Å². The number of rotatable bonds is 3. The molecule has 5 nitrogen and oxygen atoms in total. The number of pyridine rings is 1. The first kappa shape index (κ1) is 16.1. The SMILES string of the molecule is COc1cc(-c2ccnc3c2c(C)nn3-c2ccc(F)cc2)ccc1O. The maximum Gasteiger partial charge on any atom is 0.163 e. The maximum absolute atomic E-state index is 13.2. The third kappa shape index (κ3) is 2.56. The van der Waals surface area contributed by atoms with Gasteiger partial charge in [0.15, 0.2) is 17.1 Å². The van der Waals surface area contributed by atoms with Crippen molar-refractivity contribution in [3.63, 3.8) is 0 Å². The van der Waals surface area contributed by atoms with Crippen molar-refractivity contribution in [3.05, 3.63) is 66.2 Å². The smallest absolute Gasteiger partial charge is 0.163 e. The summed E-state index contributed by atoms with van der Waals surface area (Å²) in [4.78, 5) is 4.47. The molecule has 0 aliphatic heterocycles. The van der Waals surface area contributed by atoms with Gasteiger partial charge in [-0.1, -0.05) is 6.07 Å². The number of ether oxygens (including phenoxy) is 1. The first-order valence-corrected chi connectivity index (χ1v) is 8.06. The van der Waals surface area contributed by atoms with Gasteiger partial charge in [0, 0.05) is 6.20 Å². The number of hydrogen-bond donors (Lipinski definition) is 1. The fourth-order valence-corrected chi connectivity index (χ4v) is 3.06. The van der Waals surface area contributed by atoms with E-state index in [2.05, 4.69) is 10.1 Å². The fraction of sp³-hybridized carbons (Fsp3) is 0.100. The Hall–Kier alpha value is -3.41. The van der Waals surface area contributed by atoms with Gasteiger partial charge in [0.25, 0.3) is 0 Å². The molecule has 4 rings (SSSR count). The lowest BCUT2D eigenvalue weighted by Crippen LogP contribution is -1.97. The average Bonchev–Trinajstić information content (AvgIpc) is 3.00. The number of phenols is 1. The quantitative estimate of drug-likeness (QED) is 0.601. The van der Waals surface area contributed by atoms with Gasteiger partial charge in [-0.2, -0.15) is 5.10 Å². The number of hydrogen-bond acceptors (Lipinski definition) is 4. The van der Waals surface area contributed by atoms with E-state index in [-0.39, 0.29) is 11.6 Å². The van der Waals surface area contributed by atoms with Gasteiger partial charge in [0.05, 0.1) is 23.9 Å². The van der Waals surface area contributed by atoms with Crippen LogP contribution in [0.5, 0.6) is 11.5 Å². The average molecular weight is 349 g/mol. The van der Waals surface area contributed by atoms with Crippen molar-refractivity contribution in [2.45, 2.75) is 6.92 Å². The van der Waals surface area contributed by atoms with Crippen LogP contribution in [-0.2, 0) is 0 Å². The molecule has 26 heavy (non-hydrogen) atoms. The third-order valence-electron chi connectivity index (χ3n) is 4.31. The summed E-state index contributed by atoms with van der Waals surface area (Å²) in [5, 5.41) is 15.3. The minimum Gasteiger partial charge on any atom is -0.504 e. The van der Waals surface area contributed by atoms with Crippen LogP contribution in [0.15, 0.2) is 54.7 Å². The minimum absolute atomic E-state index is 0.0836. The number of benzene rings is 2. The second-order valence-electron chi connectivity index (χ2n) is 5.92. The molecule has 0 radical (unpaired) electrons. The molecule has 2 heterocycles. The molecule has 0 aliphatic carbocycles. The van der Waals surface area contributed by atoms with Crippen molar-refractivity contribution in [3.8, 4) is 28.3 Å². The van der Waals surface area contributed by atoms with E-state index >= 15 is 0 Å². The van der Waals surface area contributed by atoms with Crippen LogP contribution >= 0.6 is 0 Å². The molecule has 2 aromatic heterocycles. The zero-order valence-electron chi connectivity index (χ0n) is 14.3. The van der Waals surface area contributed by atoms with E-state index in [4.69, 9.17) is 4.74 Å². The van der Waals surface area contributed by atoms with E-state index in [1.165, 1.54) is 19.2 Å². The van der Waals surface area contributed by atoms with E-state index in [1.807, 2.05) is 19.1 Å². The van der Waals surface area contributed by atoms with Crippen molar-refractivity contribution in [2.24, 2.45) is 0 Å². The van der Waals surface area contributed by atoms with Crippen molar-refractivity contribution in [2.75, 3.05) is 7.11 Å². The first-order valence-electron chi connectivity index (χ1n) is 8.06. The second kappa shape index (κ2) is 6.15. The highest BCUT2D eigenvalue weighted by molar-refractivity contribution is 5.95. The normalized spacial score (nSPS) is 11.0. The van der Waals surface area contributed by atoms with Crippen LogP contribution in [0.2, 0.25) is 0 Å². The Morgan fingerprint density at radius 2 is 1.85 bits per heavy atom. The van der Waals surface area contributed by atoms with Crippen molar-refractivity contribution < 1.29 is 14.2 Å². The van der Waals surface area contributed by atoms with Gasteiger partial charge < -0.3 is 9.84 Å². The molecule has 0 atom stereocenters. The summed E-state index contributed by atoms with van der Waals surface area (Å²) in [6.45, 7) is 1.91. The number of aryl methyl sites for hydroxylation is 1. The summed E-state index contributed by atoms with van der Waals surface area (Å²) in [6, 6.07) is 13.2. The molecular formula is C20H16FN3O2. The number of fused-ring (bicyclic) bond motifs is 1. The molecule has 0 bridgehead atoms. The molecule has 2 aromatic carbocycles. The summed E-state index contributed by atoms with van der Waals surface area (Å²) in [6.07, 6.45) is 1.71. The van der Waals surface area contributed by atoms with Crippen LogP contribution in [0.4, 0.5) is 4.39 Å². The summed E-state index contributed by atoms with van der Waals surface area (Å²) in [5.74, 6) is 0.183. The molecule has 0 fully saturated rings. The number of halogens is 1. The fourth-order valence-electron chi connectivity index (χ4n) is 3.06. The van der Waals surface area contributed by atoms with Crippen LogP contribution in [0, 0.1) is 12.7 Å². The Balaban J connectivity index is 1.94. The van der Waals surface area contributed by atoms with Crippen LogP contribution in [0.25, 0.3) is 27.8 Å². The van der Waals surface area contributed by atoms with Crippen molar-refractivity contribution >= 4 is 11.0 Å². The Labute approximate surface area is 149 Å². The number of phenolic OH excluding ortho intramolecular Hbond substituents is 1. The summed E-state index contributed by atoms with van der Waals surface area (Å²) < 4.78 is 20.1. The number of nitrogens with zero attached hydrogens (tertiary/aromatic N) is 3. The predicted octanol–water partition coefficient (Wildman–Crippen LogP) is 4.25. The highest BCUT2D eigenvalue weighted by atomic mass is 19.1. The molecule has 0 amide bonds. The first-order chi connectivity index (χ1) is 12.6. The monoisotopic (exact) mass is 349 g/mol. The van der Waals surface area contributed by atoms with Crippen LogP contribution < -0.4 is 4.74 Å². The second-order valence-corrected chi connectivity index (χ2v) is 5.92. The van der Waals surface area contributed by atoms with E-state index in [0.29, 0.717) is 11.4 Å².